The number of nitrogens with one attached hydrogen (secondary N) is 2. The highest BCUT2D eigenvalue weighted by atomic mass is 16.5. The van der Waals surface area contributed by atoms with Crippen molar-refractivity contribution in [2.24, 2.45) is 0 Å². The Hall–Kier alpha value is -3.54. The van der Waals surface area contributed by atoms with Gasteiger partial charge in [0.05, 0.1) is 26.4 Å². The average molecular weight is 419 g/mol. The van der Waals surface area contributed by atoms with E-state index < -0.39 is 0 Å². The summed E-state index contributed by atoms with van der Waals surface area (Å²) >= 11 is 0. The van der Waals surface area contributed by atoms with Gasteiger partial charge in [0.1, 0.15) is 12.2 Å². The van der Waals surface area contributed by atoms with Crippen LogP contribution in [0.2, 0.25) is 0 Å². The number of carbonyl (C=O) groups excluding carboxylic acids is 1. The number of amides is 1. The van der Waals surface area contributed by atoms with E-state index in [-0.39, 0.29) is 5.91 Å². The highest BCUT2D eigenvalue weighted by molar-refractivity contribution is 5.98. The number of pyridine rings is 1. The van der Waals surface area contributed by atoms with Gasteiger partial charge in [0.2, 0.25) is 0 Å². The summed E-state index contributed by atoms with van der Waals surface area (Å²) in [4.78, 5) is 18.3. The highest BCUT2D eigenvalue weighted by Gasteiger charge is 2.26. The summed E-state index contributed by atoms with van der Waals surface area (Å²) in [6.45, 7) is 2.82. The van der Waals surface area contributed by atoms with Crippen LogP contribution in [0.15, 0.2) is 66.9 Å². The van der Waals surface area contributed by atoms with Crippen molar-refractivity contribution in [3.8, 4) is 11.5 Å². The van der Waals surface area contributed by atoms with E-state index in [2.05, 4.69) is 15.2 Å². The minimum atomic E-state index is -0.0953. The molecule has 160 valence electrons. The number of anilines is 1. The lowest BCUT2D eigenvalue weighted by atomic mass is 10.1. The van der Waals surface area contributed by atoms with E-state index >= 15 is 0 Å². The van der Waals surface area contributed by atoms with E-state index in [0.29, 0.717) is 30.2 Å². The normalized spacial score (nSPS) is 13.1. The van der Waals surface area contributed by atoms with Crippen molar-refractivity contribution >= 4 is 11.7 Å². The van der Waals surface area contributed by atoms with Crippen molar-refractivity contribution in [1.82, 2.24) is 5.32 Å². The van der Waals surface area contributed by atoms with Gasteiger partial charge in [-0.05, 0) is 48.2 Å². The van der Waals surface area contributed by atoms with Crippen LogP contribution in [0.3, 0.4) is 0 Å². The zero-order valence-corrected chi connectivity index (χ0v) is 17.8. The zero-order chi connectivity index (χ0) is 21.5. The quantitative estimate of drug-likeness (QED) is 0.607. The van der Waals surface area contributed by atoms with Gasteiger partial charge < -0.3 is 14.8 Å². The average Bonchev–Trinajstić information content (AvgIpc) is 3.37. The van der Waals surface area contributed by atoms with Crippen LogP contribution in [0, 0.1) is 0 Å². The molecule has 3 aromatic rings. The van der Waals surface area contributed by atoms with Crippen LogP contribution >= 0.6 is 0 Å². The van der Waals surface area contributed by atoms with Crippen LogP contribution in [0.4, 0.5) is 5.82 Å². The molecular weight excluding hydrogens is 390 g/mol. The Morgan fingerprint density at radius 2 is 1.81 bits per heavy atom. The third-order valence-corrected chi connectivity index (χ3v) is 5.42. The molecule has 1 fully saturated rings. The molecule has 0 spiro atoms. The number of nitrogens with zero attached hydrogens (tertiary/aromatic N) is 1. The van der Waals surface area contributed by atoms with Crippen LogP contribution in [0.5, 0.6) is 11.5 Å². The first kappa shape index (κ1) is 20.7. The van der Waals surface area contributed by atoms with Crippen LogP contribution in [-0.2, 0) is 13.2 Å². The number of carbonyl (C=O) groups is 1. The second kappa shape index (κ2) is 9.98. The summed E-state index contributed by atoms with van der Waals surface area (Å²) in [5, 5.41) is 3.03. The van der Waals surface area contributed by atoms with Gasteiger partial charge in [0, 0.05) is 6.54 Å². The van der Waals surface area contributed by atoms with E-state index in [1.54, 1.807) is 7.11 Å². The number of aromatic amines is 1. The number of hydrogen-bond acceptors (Lipinski definition) is 4. The van der Waals surface area contributed by atoms with Crippen LogP contribution < -0.4 is 24.7 Å². The van der Waals surface area contributed by atoms with Gasteiger partial charge in [-0.1, -0.05) is 36.4 Å². The second-order valence-corrected chi connectivity index (χ2v) is 7.57. The number of H-pyrrole nitrogens is 1. The van der Waals surface area contributed by atoms with Crippen molar-refractivity contribution in [2.45, 2.75) is 26.0 Å². The van der Waals surface area contributed by atoms with Gasteiger partial charge >= 0.3 is 0 Å². The molecule has 1 aliphatic heterocycles. The molecular formula is C25H28N3O3+. The molecule has 0 bridgehead atoms. The fourth-order valence-electron chi connectivity index (χ4n) is 3.77. The largest absolute Gasteiger partial charge is 0.493 e. The lowest BCUT2D eigenvalue weighted by molar-refractivity contribution is -0.364. The Morgan fingerprint density at radius 3 is 2.58 bits per heavy atom. The van der Waals surface area contributed by atoms with Crippen molar-refractivity contribution in [2.75, 3.05) is 25.1 Å². The molecule has 31 heavy (non-hydrogen) atoms. The molecule has 1 saturated heterocycles. The minimum Gasteiger partial charge on any atom is -0.493 e. The maximum absolute atomic E-state index is 12.9. The number of hydrogen-bond donors (Lipinski definition) is 1. The zero-order valence-electron chi connectivity index (χ0n) is 17.8. The Balaban J connectivity index is 1.40. The van der Waals surface area contributed by atoms with E-state index in [1.165, 1.54) is 0 Å². The SMILES string of the molecule is COc1cc(CNC(=O)c2ccc[nH+]c2N2CCCC2)ccc1OCc1ccccc1. The molecule has 0 radical (unpaired) electrons. The standard InChI is InChI=1S/C25H27N3O3/c1-30-23-16-20(11-12-22(23)31-18-19-8-3-2-4-9-19)17-27-25(29)21-10-7-13-26-24(21)28-14-5-6-15-28/h2-4,7-13,16H,5-6,14-15,17-18H2,1H3,(H,27,29)/p+1. The number of rotatable bonds is 8. The summed E-state index contributed by atoms with van der Waals surface area (Å²) in [6.07, 6.45) is 4.17. The molecule has 2 heterocycles. The first-order chi connectivity index (χ1) is 15.2. The monoisotopic (exact) mass is 418 g/mol. The summed E-state index contributed by atoms with van der Waals surface area (Å²) in [5.41, 5.74) is 2.70. The molecule has 2 aromatic carbocycles. The number of benzene rings is 2. The molecule has 6 heteroatoms. The smallest absolute Gasteiger partial charge is 0.287 e. The van der Waals surface area contributed by atoms with E-state index in [9.17, 15) is 4.79 Å². The Labute approximate surface area is 182 Å². The molecule has 1 aromatic heterocycles. The van der Waals surface area contributed by atoms with Gasteiger partial charge in [0.25, 0.3) is 11.7 Å². The third-order valence-electron chi connectivity index (χ3n) is 5.42. The van der Waals surface area contributed by atoms with Crippen LogP contribution in [-0.4, -0.2) is 26.1 Å². The van der Waals surface area contributed by atoms with Crippen LogP contribution in [0.25, 0.3) is 0 Å². The first-order valence-corrected chi connectivity index (χ1v) is 10.6. The van der Waals surface area contributed by atoms with Crippen molar-refractivity contribution < 1.29 is 19.3 Å². The summed E-state index contributed by atoms with van der Waals surface area (Å²) in [6, 6.07) is 19.5. The van der Waals surface area contributed by atoms with E-state index in [4.69, 9.17) is 9.47 Å². The summed E-state index contributed by atoms with van der Waals surface area (Å²) in [5.74, 6) is 2.12. The van der Waals surface area contributed by atoms with E-state index in [0.717, 1.165) is 42.9 Å². The fourth-order valence-corrected chi connectivity index (χ4v) is 3.77. The highest BCUT2D eigenvalue weighted by Crippen LogP contribution is 2.29. The molecule has 0 aliphatic carbocycles. The predicted octanol–water partition coefficient (Wildman–Crippen LogP) is 3.62. The molecule has 0 unspecified atom stereocenters. The van der Waals surface area contributed by atoms with Gasteiger partial charge in [-0.25, -0.2) is 4.98 Å². The molecule has 6 nitrogen and oxygen atoms in total. The second-order valence-electron chi connectivity index (χ2n) is 7.57. The van der Waals surface area contributed by atoms with Gasteiger partial charge in [0.15, 0.2) is 11.5 Å². The molecule has 1 aliphatic rings. The van der Waals surface area contributed by atoms with Gasteiger partial charge in [-0.2, -0.15) is 0 Å². The van der Waals surface area contributed by atoms with E-state index in [1.807, 2.05) is 66.9 Å². The molecule has 0 atom stereocenters. The summed E-state index contributed by atoms with van der Waals surface area (Å²) < 4.78 is 11.4. The maximum Gasteiger partial charge on any atom is 0.287 e. The number of ether oxygens (including phenoxy) is 2. The Bertz CT molecular complexity index is 1020. The molecule has 1 amide bonds. The topological polar surface area (TPSA) is 64.9 Å². The van der Waals surface area contributed by atoms with Gasteiger partial charge in [-0.3, -0.25) is 9.69 Å². The van der Waals surface area contributed by atoms with Crippen molar-refractivity contribution in [1.29, 1.82) is 0 Å². The van der Waals surface area contributed by atoms with Crippen LogP contribution in [0.1, 0.15) is 34.3 Å². The minimum absolute atomic E-state index is 0.0953. The lowest BCUT2D eigenvalue weighted by Crippen LogP contribution is -2.32. The van der Waals surface area contributed by atoms with Crippen molar-refractivity contribution in [3.05, 3.63) is 83.6 Å². The molecule has 0 saturated carbocycles. The van der Waals surface area contributed by atoms with Crippen molar-refractivity contribution in [3.63, 3.8) is 0 Å². The van der Waals surface area contributed by atoms with Gasteiger partial charge in [-0.15, -0.1) is 0 Å². The Kier molecular flexibility index (Phi) is 6.67. The summed E-state index contributed by atoms with van der Waals surface area (Å²) in [7, 11) is 1.62. The Morgan fingerprint density at radius 1 is 1.00 bits per heavy atom. The molecule has 4 rings (SSSR count). The third kappa shape index (κ3) is 5.15. The fraction of sp³-hybridized carbons (Fsp3) is 0.280. The number of aromatic nitrogens is 1. The predicted molar refractivity (Wildman–Crippen MR) is 119 cm³/mol. The number of methoxy groups -OCH3 is 1. The molecule has 2 N–H and O–H groups in total. The first-order valence-electron chi connectivity index (χ1n) is 10.6. The maximum atomic E-state index is 12.9. The lowest BCUT2D eigenvalue weighted by Gasteiger charge is -2.14.